The number of nitrogens with zero attached hydrogens (tertiary/aromatic N) is 3. The lowest BCUT2D eigenvalue weighted by atomic mass is 10.1. The standard InChI is InChI=1S/C12H13ClN4OS/c1-17(2)12(18)10-4-3-8(13)5-11(10)14-6-9-7-19-16-15-9/h3-5,7,14H,6H2,1-2H3. The molecule has 1 aromatic carbocycles. The van der Waals surface area contributed by atoms with Crippen LogP contribution in [0.25, 0.3) is 0 Å². The highest BCUT2D eigenvalue weighted by Gasteiger charge is 2.13. The molecule has 7 heteroatoms. The van der Waals surface area contributed by atoms with Crippen molar-refractivity contribution in [2.24, 2.45) is 0 Å². The number of anilines is 1. The van der Waals surface area contributed by atoms with Crippen LogP contribution in [0.2, 0.25) is 5.02 Å². The summed E-state index contributed by atoms with van der Waals surface area (Å²) >= 11 is 7.26. The summed E-state index contributed by atoms with van der Waals surface area (Å²) in [7, 11) is 3.43. The first-order valence-corrected chi connectivity index (χ1v) is 6.80. The summed E-state index contributed by atoms with van der Waals surface area (Å²) < 4.78 is 3.79. The number of nitrogens with one attached hydrogen (secondary N) is 1. The maximum atomic E-state index is 12.1. The van der Waals surface area contributed by atoms with E-state index in [4.69, 9.17) is 11.6 Å². The van der Waals surface area contributed by atoms with E-state index in [-0.39, 0.29) is 5.91 Å². The zero-order valence-corrected chi connectivity index (χ0v) is 12.1. The molecule has 0 fully saturated rings. The predicted octanol–water partition coefficient (Wildman–Crippen LogP) is 2.51. The fourth-order valence-electron chi connectivity index (χ4n) is 1.54. The Morgan fingerprint density at radius 2 is 2.26 bits per heavy atom. The summed E-state index contributed by atoms with van der Waals surface area (Å²) in [6.07, 6.45) is 0. The first kappa shape index (κ1) is 13.8. The molecule has 2 rings (SSSR count). The molecule has 2 aromatic rings. The van der Waals surface area contributed by atoms with Crippen LogP contribution >= 0.6 is 23.1 Å². The van der Waals surface area contributed by atoms with Crippen LogP contribution in [0.5, 0.6) is 0 Å². The molecule has 0 aliphatic rings. The van der Waals surface area contributed by atoms with E-state index in [9.17, 15) is 4.79 Å². The molecule has 0 saturated carbocycles. The highest BCUT2D eigenvalue weighted by molar-refractivity contribution is 7.03. The molecule has 0 saturated heterocycles. The van der Waals surface area contributed by atoms with E-state index in [2.05, 4.69) is 14.9 Å². The van der Waals surface area contributed by atoms with Crippen molar-refractivity contribution in [1.29, 1.82) is 0 Å². The van der Waals surface area contributed by atoms with E-state index in [0.717, 1.165) is 5.69 Å². The number of carbonyl (C=O) groups excluding carboxylic acids is 1. The van der Waals surface area contributed by atoms with E-state index in [1.807, 2.05) is 5.38 Å². The summed E-state index contributed by atoms with van der Waals surface area (Å²) in [4.78, 5) is 13.6. The summed E-state index contributed by atoms with van der Waals surface area (Å²) in [5.74, 6) is -0.0735. The molecule has 1 aromatic heterocycles. The minimum absolute atomic E-state index is 0.0735. The number of benzene rings is 1. The van der Waals surface area contributed by atoms with Gasteiger partial charge >= 0.3 is 0 Å². The second kappa shape index (κ2) is 5.99. The van der Waals surface area contributed by atoms with Crippen LogP contribution in [0.4, 0.5) is 5.69 Å². The van der Waals surface area contributed by atoms with Crippen molar-refractivity contribution in [3.63, 3.8) is 0 Å². The maximum Gasteiger partial charge on any atom is 0.255 e. The van der Waals surface area contributed by atoms with Gasteiger partial charge in [-0.2, -0.15) is 0 Å². The Bertz CT molecular complexity index is 571. The Balaban J connectivity index is 2.22. The van der Waals surface area contributed by atoms with Gasteiger partial charge in [0.1, 0.15) is 0 Å². The Hall–Kier alpha value is -1.66. The number of aromatic nitrogens is 2. The number of rotatable bonds is 4. The summed E-state index contributed by atoms with van der Waals surface area (Å²) in [5, 5.41) is 9.54. The quantitative estimate of drug-likeness (QED) is 0.942. The van der Waals surface area contributed by atoms with Crippen LogP contribution in [0, 0.1) is 0 Å². The normalized spacial score (nSPS) is 10.3. The van der Waals surface area contributed by atoms with Gasteiger partial charge < -0.3 is 10.2 Å². The number of hydrogen-bond donors (Lipinski definition) is 1. The van der Waals surface area contributed by atoms with Crippen LogP contribution < -0.4 is 5.32 Å². The van der Waals surface area contributed by atoms with Crippen LogP contribution in [0.1, 0.15) is 16.1 Å². The van der Waals surface area contributed by atoms with Gasteiger partial charge in [-0.15, -0.1) is 5.10 Å². The van der Waals surface area contributed by atoms with Gasteiger partial charge in [-0.1, -0.05) is 16.1 Å². The fraction of sp³-hybridized carbons (Fsp3) is 0.250. The fourth-order valence-corrected chi connectivity index (χ4v) is 2.16. The third-order valence-corrected chi connectivity index (χ3v) is 3.27. The van der Waals surface area contributed by atoms with E-state index in [1.54, 1.807) is 32.3 Å². The number of carbonyl (C=O) groups is 1. The topological polar surface area (TPSA) is 58.1 Å². The minimum atomic E-state index is -0.0735. The lowest BCUT2D eigenvalue weighted by molar-refractivity contribution is 0.0828. The van der Waals surface area contributed by atoms with Gasteiger partial charge in [0.25, 0.3) is 5.91 Å². The van der Waals surface area contributed by atoms with Crippen molar-refractivity contribution in [2.75, 3.05) is 19.4 Å². The van der Waals surface area contributed by atoms with Crippen molar-refractivity contribution in [1.82, 2.24) is 14.5 Å². The molecular weight excluding hydrogens is 284 g/mol. The molecule has 0 radical (unpaired) electrons. The molecule has 100 valence electrons. The molecule has 1 heterocycles. The molecule has 1 amide bonds. The average Bonchev–Trinajstić information content (AvgIpc) is 2.88. The van der Waals surface area contributed by atoms with E-state index in [1.165, 1.54) is 16.4 Å². The van der Waals surface area contributed by atoms with Crippen LogP contribution in [0.3, 0.4) is 0 Å². The third-order valence-electron chi connectivity index (χ3n) is 2.48. The average molecular weight is 297 g/mol. The monoisotopic (exact) mass is 296 g/mol. The van der Waals surface area contributed by atoms with Crippen LogP contribution in [-0.2, 0) is 6.54 Å². The first-order chi connectivity index (χ1) is 9.08. The molecule has 0 aliphatic heterocycles. The van der Waals surface area contributed by atoms with Crippen molar-refractivity contribution in [3.05, 3.63) is 39.9 Å². The molecule has 1 N–H and O–H groups in total. The van der Waals surface area contributed by atoms with Crippen molar-refractivity contribution >= 4 is 34.7 Å². The minimum Gasteiger partial charge on any atom is -0.379 e. The van der Waals surface area contributed by atoms with E-state index >= 15 is 0 Å². The van der Waals surface area contributed by atoms with Gasteiger partial charge in [-0.05, 0) is 29.7 Å². The van der Waals surface area contributed by atoms with Gasteiger partial charge in [-0.3, -0.25) is 4.79 Å². The highest BCUT2D eigenvalue weighted by Crippen LogP contribution is 2.22. The number of hydrogen-bond acceptors (Lipinski definition) is 5. The summed E-state index contributed by atoms with van der Waals surface area (Å²) in [6.45, 7) is 0.505. The molecule has 0 aliphatic carbocycles. The molecule has 0 atom stereocenters. The summed E-state index contributed by atoms with van der Waals surface area (Å²) in [6, 6.07) is 5.15. The van der Waals surface area contributed by atoms with Gasteiger partial charge in [0.15, 0.2) is 0 Å². The Kier molecular flexibility index (Phi) is 4.34. The van der Waals surface area contributed by atoms with Gasteiger partial charge in [0.2, 0.25) is 0 Å². The van der Waals surface area contributed by atoms with Gasteiger partial charge in [0, 0.05) is 30.2 Å². The molecular formula is C12H13ClN4OS. The Labute approximate surface area is 120 Å². The molecule has 0 bridgehead atoms. The SMILES string of the molecule is CN(C)C(=O)c1ccc(Cl)cc1NCc1csnn1. The zero-order valence-electron chi connectivity index (χ0n) is 10.6. The third kappa shape index (κ3) is 3.42. The second-order valence-corrected chi connectivity index (χ2v) is 5.19. The summed E-state index contributed by atoms with van der Waals surface area (Å²) in [5.41, 5.74) is 2.10. The molecule has 5 nitrogen and oxygen atoms in total. The second-order valence-electron chi connectivity index (χ2n) is 4.14. The smallest absolute Gasteiger partial charge is 0.255 e. The van der Waals surface area contributed by atoms with Crippen molar-refractivity contribution in [2.45, 2.75) is 6.54 Å². The largest absolute Gasteiger partial charge is 0.379 e. The maximum absolute atomic E-state index is 12.1. The van der Waals surface area contributed by atoms with Crippen LogP contribution in [-0.4, -0.2) is 34.5 Å². The van der Waals surface area contributed by atoms with Crippen LogP contribution in [0.15, 0.2) is 23.6 Å². The molecule has 19 heavy (non-hydrogen) atoms. The van der Waals surface area contributed by atoms with Gasteiger partial charge in [-0.25, -0.2) is 0 Å². The lowest BCUT2D eigenvalue weighted by Gasteiger charge is -2.15. The highest BCUT2D eigenvalue weighted by atomic mass is 35.5. The van der Waals surface area contributed by atoms with Crippen molar-refractivity contribution < 1.29 is 4.79 Å². The van der Waals surface area contributed by atoms with E-state index in [0.29, 0.717) is 22.8 Å². The predicted molar refractivity (Wildman–Crippen MR) is 76.7 cm³/mol. The van der Waals surface area contributed by atoms with E-state index < -0.39 is 0 Å². The van der Waals surface area contributed by atoms with Gasteiger partial charge in [0.05, 0.1) is 17.8 Å². The Morgan fingerprint density at radius 3 is 2.89 bits per heavy atom. The molecule has 0 spiro atoms. The number of halogens is 1. The lowest BCUT2D eigenvalue weighted by Crippen LogP contribution is -2.23. The number of amides is 1. The zero-order chi connectivity index (χ0) is 13.8. The first-order valence-electron chi connectivity index (χ1n) is 5.59. The molecule has 0 unspecified atom stereocenters. The van der Waals surface area contributed by atoms with Crippen molar-refractivity contribution in [3.8, 4) is 0 Å². The Morgan fingerprint density at radius 1 is 1.47 bits per heavy atom.